The van der Waals surface area contributed by atoms with Gasteiger partial charge in [0.15, 0.2) is 5.15 Å². The average Bonchev–Trinajstić information content (AvgIpc) is 3.62. The summed E-state index contributed by atoms with van der Waals surface area (Å²) in [4.78, 5) is 21.2. The second kappa shape index (κ2) is 13.5. The van der Waals surface area contributed by atoms with Crippen LogP contribution in [0.2, 0.25) is 5.15 Å². The lowest BCUT2D eigenvalue weighted by Gasteiger charge is -2.25. The van der Waals surface area contributed by atoms with Crippen molar-refractivity contribution in [3.05, 3.63) is 70.8 Å². The molecule has 3 N–H and O–H groups in total. The molecule has 0 aliphatic carbocycles. The van der Waals surface area contributed by atoms with Gasteiger partial charge in [0, 0.05) is 18.4 Å². The van der Waals surface area contributed by atoms with Gasteiger partial charge in [-0.15, -0.1) is 10.2 Å². The highest BCUT2D eigenvalue weighted by Crippen LogP contribution is 2.34. The van der Waals surface area contributed by atoms with Crippen LogP contribution in [-0.4, -0.2) is 49.7 Å². The molecule has 0 bridgehead atoms. The molecule has 4 aromatic rings. The zero-order valence-corrected chi connectivity index (χ0v) is 23.6. The fourth-order valence-electron chi connectivity index (χ4n) is 4.64. The molecule has 0 unspecified atom stereocenters. The Labute approximate surface area is 234 Å². The van der Waals surface area contributed by atoms with Gasteiger partial charge in [-0.1, -0.05) is 87.7 Å². The summed E-state index contributed by atoms with van der Waals surface area (Å²) in [5, 5.41) is 18.2. The van der Waals surface area contributed by atoms with Crippen molar-refractivity contribution in [1.82, 2.24) is 35.9 Å². The highest BCUT2D eigenvalue weighted by Gasteiger charge is 2.30. The molecule has 2 heterocycles. The van der Waals surface area contributed by atoms with Crippen molar-refractivity contribution in [3.8, 4) is 22.5 Å². The number of hydrogen-bond donors (Lipinski definition) is 3. The molecule has 0 aliphatic rings. The summed E-state index contributed by atoms with van der Waals surface area (Å²) in [5.74, 6) is 1.06. The molecular formula is C29H36ClN7O2. The topological polar surface area (TPSA) is 121 Å². The van der Waals surface area contributed by atoms with Crippen LogP contribution in [0.1, 0.15) is 63.2 Å². The van der Waals surface area contributed by atoms with Gasteiger partial charge in [0.25, 0.3) is 0 Å². The fraction of sp³-hybridized carbons (Fsp3) is 0.414. The van der Waals surface area contributed by atoms with Gasteiger partial charge < -0.3 is 15.0 Å². The molecule has 0 saturated carbocycles. The number of aromatic nitrogens is 6. The standard InChI is InChI=1S/C29H36ClN7O2/c1-5-7-13-24-32-26(27(30)33-24)23(39-29(38)25(31-4)18(3)6-2)17-19-14-15-21(20-11-9-8-10-12-20)22(16-19)28-34-36-37-35-28/h8-12,14-16,18,23,25,31H,5-7,13,17H2,1-4H3,(H,32,33)(H,34,35,36,37)/t18-,23-,25-/m1/s1. The molecule has 0 aliphatic heterocycles. The zero-order valence-electron chi connectivity index (χ0n) is 22.9. The molecule has 9 nitrogen and oxygen atoms in total. The molecule has 2 aromatic carbocycles. The number of benzene rings is 2. The van der Waals surface area contributed by atoms with Gasteiger partial charge in [0.2, 0.25) is 5.82 Å². The Hall–Kier alpha value is -3.56. The lowest BCUT2D eigenvalue weighted by molar-refractivity contribution is -0.153. The van der Waals surface area contributed by atoms with Gasteiger partial charge in [-0.05, 0) is 47.4 Å². The number of aromatic amines is 2. The second-order valence-corrected chi connectivity index (χ2v) is 10.1. The van der Waals surface area contributed by atoms with Crippen LogP contribution in [0.15, 0.2) is 48.5 Å². The minimum atomic E-state index is -0.659. The van der Waals surface area contributed by atoms with E-state index >= 15 is 0 Å². The number of aryl methyl sites for hydroxylation is 1. The smallest absolute Gasteiger partial charge is 0.324 e. The highest BCUT2D eigenvalue weighted by atomic mass is 35.5. The van der Waals surface area contributed by atoms with Gasteiger partial charge >= 0.3 is 5.97 Å². The van der Waals surface area contributed by atoms with Crippen LogP contribution in [-0.2, 0) is 22.4 Å². The number of tetrazole rings is 1. The number of hydrogen-bond acceptors (Lipinski definition) is 7. The average molecular weight is 550 g/mol. The molecule has 0 radical (unpaired) electrons. The van der Waals surface area contributed by atoms with Crippen molar-refractivity contribution in [1.29, 1.82) is 0 Å². The molecule has 0 fully saturated rings. The zero-order chi connectivity index (χ0) is 27.8. The van der Waals surface area contributed by atoms with E-state index in [0.29, 0.717) is 23.1 Å². The van der Waals surface area contributed by atoms with E-state index in [-0.39, 0.29) is 11.9 Å². The van der Waals surface area contributed by atoms with E-state index in [2.05, 4.69) is 49.8 Å². The Morgan fingerprint density at radius 2 is 1.92 bits per heavy atom. The van der Waals surface area contributed by atoms with Crippen molar-refractivity contribution in [3.63, 3.8) is 0 Å². The Bertz CT molecular complexity index is 1340. The predicted molar refractivity (Wildman–Crippen MR) is 152 cm³/mol. The Morgan fingerprint density at radius 3 is 2.59 bits per heavy atom. The normalized spacial score (nSPS) is 13.7. The van der Waals surface area contributed by atoms with Crippen LogP contribution in [0.25, 0.3) is 22.5 Å². The summed E-state index contributed by atoms with van der Waals surface area (Å²) in [6.45, 7) is 6.21. The monoisotopic (exact) mass is 549 g/mol. The van der Waals surface area contributed by atoms with Crippen molar-refractivity contribution >= 4 is 17.6 Å². The summed E-state index contributed by atoms with van der Waals surface area (Å²) >= 11 is 6.61. The molecule has 3 atom stereocenters. The lowest BCUT2D eigenvalue weighted by Crippen LogP contribution is -2.41. The van der Waals surface area contributed by atoms with E-state index < -0.39 is 12.1 Å². The third kappa shape index (κ3) is 6.91. The Balaban J connectivity index is 1.71. The number of halogens is 1. The summed E-state index contributed by atoms with van der Waals surface area (Å²) in [6.07, 6.45) is 3.37. The first kappa shape index (κ1) is 28.4. The number of nitrogens with one attached hydrogen (secondary N) is 3. The van der Waals surface area contributed by atoms with E-state index in [0.717, 1.165) is 53.8 Å². The molecular weight excluding hydrogens is 514 g/mol. The van der Waals surface area contributed by atoms with Gasteiger partial charge in [-0.2, -0.15) is 5.21 Å². The second-order valence-electron chi connectivity index (χ2n) is 9.75. The molecule has 0 spiro atoms. The van der Waals surface area contributed by atoms with E-state index in [1.165, 1.54) is 0 Å². The van der Waals surface area contributed by atoms with Gasteiger partial charge in [0.05, 0.1) is 5.69 Å². The number of nitrogens with zero attached hydrogens (tertiary/aromatic N) is 4. The summed E-state index contributed by atoms with van der Waals surface area (Å²) < 4.78 is 6.15. The molecule has 206 valence electrons. The number of H-pyrrole nitrogens is 2. The van der Waals surface area contributed by atoms with Crippen molar-refractivity contribution < 1.29 is 9.53 Å². The van der Waals surface area contributed by atoms with E-state index in [4.69, 9.17) is 16.3 Å². The van der Waals surface area contributed by atoms with E-state index in [1.807, 2.05) is 55.5 Å². The van der Waals surface area contributed by atoms with E-state index in [9.17, 15) is 4.79 Å². The number of imidazole rings is 1. The maximum Gasteiger partial charge on any atom is 0.324 e. The van der Waals surface area contributed by atoms with Crippen molar-refractivity contribution in [2.75, 3.05) is 7.05 Å². The number of ether oxygens (including phenoxy) is 1. The molecule has 39 heavy (non-hydrogen) atoms. The number of unbranched alkanes of at least 4 members (excludes halogenated alkanes) is 1. The van der Waals surface area contributed by atoms with Crippen LogP contribution >= 0.6 is 11.6 Å². The summed E-state index contributed by atoms with van der Waals surface area (Å²) in [7, 11) is 1.78. The van der Waals surface area contributed by atoms with Crippen molar-refractivity contribution in [2.45, 2.75) is 65.0 Å². The summed E-state index contributed by atoms with van der Waals surface area (Å²) in [5.41, 5.74) is 4.36. The molecule has 0 saturated heterocycles. The third-order valence-electron chi connectivity index (χ3n) is 7.04. The largest absolute Gasteiger partial charge is 0.454 e. The van der Waals surface area contributed by atoms with Crippen LogP contribution in [0.5, 0.6) is 0 Å². The number of esters is 1. The highest BCUT2D eigenvalue weighted by molar-refractivity contribution is 6.30. The van der Waals surface area contributed by atoms with Crippen LogP contribution in [0, 0.1) is 5.92 Å². The minimum Gasteiger partial charge on any atom is -0.454 e. The van der Waals surface area contributed by atoms with Crippen LogP contribution in [0.4, 0.5) is 0 Å². The number of rotatable bonds is 13. The van der Waals surface area contributed by atoms with E-state index in [1.54, 1.807) is 7.05 Å². The molecule has 2 aromatic heterocycles. The number of likely N-dealkylation sites (N-methyl/N-ethyl adjacent to an activating group) is 1. The first-order chi connectivity index (χ1) is 18.9. The SMILES string of the molecule is CCCCc1nc(Cl)c([C@@H](Cc2ccc(-c3ccccc3)c(-c3nn[nH]n3)c2)OC(=O)[C@H](NC)[C@H](C)CC)[nH]1. The quantitative estimate of drug-likeness (QED) is 0.182. The Kier molecular flexibility index (Phi) is 9.84. The molecule has 0 amide bonds. The van der Waals surface area contributed by atoms with Crippen LogP contribution < -0.4 is 5.32 Å². The first-order valence-corrected chi connectivity index (χ1v) is 13.9. The maximum atomic E-state index is 13.3. The lowest BCUT2D eigenvalue weighted by atomic mass is 9.94. The minimum absolute atomic E-state index is 0.107. The predicted octanol–water partition coefficient (Wildman–Crippen LogP) is 5.71. The van der Waals surface area contributed by atoms with Gasteiger partial charge in [-0.3, -0.25) is 4.79 Å². The molecule has 4 rings (SSSR count). The van der Waals surface area contributed by atoms with Crippen molar-refractivity contribution in [2.24, 2.45) is 5.92 Å². The first-order valence-electron chi connectivity index (χ1n) is 13.5. The number of carbonyl (C=O) groups is 1. The number of carbonyl (C=O) groups excluding carboxylic acids is 1. The fourth-order valence-corrected chi connectivity index (χ4v) is 4.91. The Morgan fingerprint density at radius 1 is 1.13 bits per heavy atom. The van der Waals surface area contributed by atoms with Gasteiger partial charge in [-0.25, -0.2) is 4.98 Å². The third-order valence-corrected chi connectivity index (χ3v) is 7.32. The maximum absolute atomic E-state index is 13.3. The summed E-state index contributed by atoms with van der Waals surface area (Å²) in [6, 6.07) is 15.7. The van der Waals surface area contributed by atoms with Gasteiger partial charge in [0.1, 0.15) is 18.0 Å². The molecule has 10 heteroatoms. The van der Waals surface area contributed by atoms with Crippen LogP contribution in [0.3, 0.4) is 0 Å².